The normalized spacial score (nSPS) is 18.3. The van der Waals surface area contributed by atoms with Crippen molar-refractivity contribution in [3.63, 3.8) is 0 Å². The maximum atomic E-state index is 13.5. The number of Topliss-reactive ketones (excluding diaryl/α,β-unsaturated/α-hetero) is 1. The summed E-state index contributed by atoms with van der Waals surface area (Å²) in [6, 6.07) is 3.09. The molecule has 1 aromatic rings. The summed E-state index contributed by atoms with van der Waals surface area (Å²) in [6.07, 6.45) is 0.996. The SMILES string of the molecule is CN1CCCN(CC(=O)c2ccc(F)cc2F)CC1. The molecule has 0 bridgehead atoms. The fourth-order valence-electron chi connectivity index (χ4n) is 2.26. The molecule has 19 heavy (non-hydrogen) atoms. The molecule has 1 aromatic carbocycles. The second-order valence-corrected chi connectivity index (χ2v) is 4.98. The zero-order valence-corrected chi connectivity index (χ0v) is 11.0. The van der Waals surface area contributed by atoms with Gasteiger partial charge >= 0.3 is 0 Å². The molecule has 0 spiro atoms. The minimum absolute atomic E-state index is 0.0287. The summed E-state index contributed by atoms with van der Waals surface area (Å²) in [4.78, 5) is 16.3. The van der Waals surface area contributed by atoms with E-state index in [2.05, 4.69) is 4.90 Å². The standard InChI is InChI=1S/C14H18F2N2O/c1-17-5-2-6-18(8-7-17)10-14(19)12-4-3-11(15)9-13(12)16/h3-4,9H,2,5-8,10H2,1H3. The quantitative estimate of drug-likeness (QED) is 0.781. The van der Waals surface area contributed by atoms with E-state index in [4.69, 9.17) is 0 Å². The summed E-state index contributed by atoms with van der Waals surface area (Å²) >= 11 is 0. The Balaban J connectivity index is 2.00. The Kier molecular flexibility index (Phi) is 4.61. The van der Waals surface area contributed by atoms with Gasteiger partial charge in [-0.15, -0.1) is 0 Å². The Labute approximate surface area is 111 Å². The smallest absolute Gasteiger partial charge is 0.179 e. The van der Waals surface area contributed by atoms with E-state index in [1.807, 2.05) is 11.9 Å². The van der Waals surface area contributed by atoms with Crippen molar-refractivity contribution in [2.45, 2.75) is 6.42 Å². The molecular weight excluding hydrogens is 250 g/mol. The molecule has 3 nitrogen and oxygen atoms in total. The summed E-state index contributed by atoms with van der Waals surface area (Å²) in [5.74, 6) is -1.73. The third kappa shape index (κ3) is 3.81. The number of hydrogen-bond acceptors (Lipinski definition) is 3. The third-order valence-corrected chi connectivity index (χ3v) is 3.41. The van der Waals surface area contributed by atoms with Crippen LogP contribution in [0.4, 0.5) is 8.78 Å². The molecule has 1 fully saturated rings. The highest BCUT2D eigenvalue weighted by Gasteiger charge is 2.18. The fraction of sp³-hybridized carbons (Fsp3) is 0.500. The molecule has 0 N–H and O–H groups in total. The van der Waals surface area contributed by atoms with Crippen molar-refractivity contribution in [1.82, 2.24) is 9.80 Å². The molecule has 2 rings (SSSR count). The van der Waals surface area contributed by atoms with Crippen LogP contribution in [0.3, 0.4) is 0 Å². The number of likely N-dealkylation sites (N-methyl/N-ethyl adjacent to an activating group) is 1. The van der Waals surface area contributed by atoms with Gasteiger partial charge in [-0.05, 0) is 38.7 Å². The minimum atomic E-state index is -0.781. The van der Waals surface area contributed by atoms with Crippen LogP contribution in [0.1, 0.15) is 16.8 Å². The zero-order valence-electron chi connectivity index (χ0n) is 11.0. The second kappa shape index (κ2) is 6.21. The van der Waals surface area contributed by atoms with Gasteiger partial charge in [-0.25, -0.2) is 8.78 Å². The molecule has 0 amide bonds. The highest BCUT2D eigenvalue weighted by molar-refractivity contribution is 5.97. The van der Waals surface area contributed by atoms with E-state index in [1.165, 1.54) is 6.07 Å². The van der Waals surface area contributed by atoms with Gasteiger partial charge in [-0.1, -0.05) is 0 Å². The highest BCUT2D eigenvalue weighted by atomic mass is 19.1. The number of nitrogens with zero attached hydrogens (tertiary/aromatic N) is 2. The van der Waals surface area contributed by atoms with E-state index in [9.17, 15) is 13.6 Å². The highest BCUT2D eigenvalue weighted by Crippen LogP contribution is 2.11. The molecule has 0 radical (unpaired) electrons. The Morgan fingerprint density at radius 2 is 2.00 bits per heavy atom. The van der Waals surface area contributed by atoms with Crippen molar-refractivity contribution in [2.75, 3.05) is 39.8 Å². The molecule has 0 atom stereocenters. The fourth-order valence-corrected chi connectivity index (χ4v) is 2.26. The van der Waals surface area contributed by atoms with Gasteiger partial charge in [0.05, 0.1) is 12.1 Å². The van der Waals surface area contributed by atoms with Crippen molar-refractivity contribution >= 4 is 5.78 Å². The summed E-state index contributed by atoms with van der Waals surface area (Å²) < 4.78 is 26.3. The molecule has 0 aliphatic carbocycles. The van der Waals surface area contributed by atoms with Crippen LogP contribution in [0, 0.1) is 11.6 Å². The van der Waals surface area contributed by atoms with Gasteiger partial charge < -0.3 is 4.90 Å². The van der Waals surface area contributed by atoms with Crippen LogP contribution in [0.5, 0.6) is 0 Å². The first-order valence-corrected chi connectivity index (χ1v) is 6.45. The lowest BCUT2D eigenvalue weighted by Crippen LogP contribution is -2.33. The van der Waals surface area contributed by atoms with Crippen molar-refractivity contribution < 1.29 is 13.6 Å². The first kappa shape index (κ1) is 14.1. The van der Waals surface area contributed by atoms with Gasteiger partial charge in [0.15, 0.2) is 5.78 Å². The molecule has 0 aromatic heterocycles. The molecule has 0 saturated carbocycles. The van der Waals surface area contributed by atoms with Gasteiger partial charge in [0.25, 0.3) is 0 Å². The maximum absolute atomic E-state index is 13.5. The lowest BCUT2D eigenvalue weighted by molar-refractivity contribution is 0.0929. The van der Waals surface area contributed by atoms with E-state index < -0.39 is 11.6 Å². The Morgan fingerprint density at radius 1 is 1.21 bits per heavy atom. The average molecular weight is 268 g/mol. The Bertz CT molecular complexity index is 465. The largest absolute Gasteiger partial charge is 0.305 e. The summed E-state index contributed by atoms with van der Waals surface area (Å²) in [5, 5.41) is 0. The van der Waals surface area contributed by atoms with Gasteiger partial charge in [0.2, 0.25) is 0 Å². The molecule has 1 aliphatic rings. The van der Waals surface area contributed by atoms with Gasteiger partial charge in [-0.3, -0.25) is 9.69 Å². The van der Waals surface area contributed by atoms with Crippen LogP contribution >= 0.6 is 0 Å². The Hall–Kier alpha value is -1.33. The van der Waals surface area contributed by atoms with Gasteiger partial charge in [0, 0.05) is 19.2 Å². The molecule has 1 heterocycles. The molecule has 0 unspecified atom stereocenters. The number of rotatable bonds is 3. The lowest BCUT2D eigenvalue weighted by Gasteiger charge is -2.19. The predicted octanol–water partition coefficient (Wildman–Crippen LogP) is 1.78. The maximum Gasteiger partial charge on any atom is 0.179 e. The number of benzene rings is 1. The van der Waals surface area contributed by atoms with Crippen molar-refractivity contribution in [2.24, 2.45) is 0 Å². The molecule has 1 saturated heterocycles. The van der Waals surface area contributed by atoms with Crippen molar-refractivity contribution in [3.8, 4) is 0 Å². The third-order valence-electron chi connectivity index (χ3n) is 3.41. The topological polar surface area (TPSA) is 23.6 Å². The second-order valence-electron chi connectivity index (χ2n) is 4.98. The van der Waals surface area contributed by atoms with Gasteiger partial charge in [0.1, 0.15) is 11.6 Å². The van der Waals surface area contributed by atoms with E-state index in [0.717, 1.165) is 44.7 Å². The number of carbonyl (C=O) groups is 1. The molecule has 5 heteroatoms. The van der Waals surface area contributed by atoms with E-state index in [0.29, 0.717) is 0 Å². The number of carbonyl (C=O) groups excluding carboxylic acids is 1. The summed E-state index contributed by atoms with van der Waals surface area (Å²) in [7, 11) is 2.05. The number of hydrogen-bond donors (Lipinski definition) is 0. The zero-order chi connectivity index (χ0) is 13.8. The van der Waals surface area contributed by atoms with Crippen molar-refractivity contribution in [1.29, 1.82) is 0 Å². The predicted molar refractivity (Wildman–Crippen MR) is 69.2 cm³/mol. The van der Waals surface area contributed by atoms with Crippen molar-refractivity contribution in [3.05, 3.63) is 35.4 Å². The lowest BCUT2D eigenvalue weighted by atomic mass is 10.1. The van der Waals surface area contributed by atoms with Crippen LogP contribution in [-0.4, -0.2) is 55.4 Å². The van der Waals surface area contributed by atoms with E-state index >= 15 is 0 Å². The van der Waals surface area contributed by atoms with Crippen LogP contribution in [0.2, 0.25) is 0 Å². The van der Waals surface area contributed by atoms with Crippen LogP contribution in [-0.2, 0) is 0 Å². The minimum Gasteiger partial charge on any atom is -0.305 e. The van der Waals surface area contributed by atoms with Crippen LogP contribution < -0.4 is 0 Å². The van der Waals surface area contributed by atoms with Gasteiger partial charge in [-0.2, -0.15) is 0 Å². The van der Waals surface area contributed by atoms with Crippen LogP contribution in [0.15, 0.2) is 18.2 Å². The monoisotopic (exact) mass is 268 g/mol. The first-order chi connectivity index (χ1) is 9.06. The molecular formula is C14H18F2N2O. The average Bonchev–Trinajstić information content (AvgIpc) is 2.54. The van der Waals surface area contributed by atoms with E-state index in [-0.39, 0.29) is 17.9 Å². The Morgan fingerprint density at radius 3 is 2.74 bits per heavy atom. The summed E-state index contributed by atoms with van der Waals surface area (Å²) in [6.45, 7) is 3.73. The number of halogens is 2. The number of ketones is 1. The van der Waals surface area contributed by atoms with E-state index in [1.54, 1.807) is 0 Å². The molecule has 104 valence electrons. The summed E-state index contributed by atoms with van der Waals surface area (Å²) in [5.41, 5.74) is -0.0287. The van der Waals surface area contributed by atoms with Crippen LogP contribution in [0.25, 0.3) is 0 Å². The molecule has 1 aliphatic heterocycles. The first-order valence-electron chi connectivity index (χ1n) is 6.45.